The second-order valence-corrected chi connectivity index (χ2v) is 7.25. The van der Waals surface area contributed by atoms with Crippen LogP contribution in [0.15, 0.2) is 60.7 Å². The quantitative estimate of drug-likeness (QED) is 0.720. The minimum Gasteiger partial charge on any atom is -0.348 e. The first-order valence-corrected chi connectivity index (χ1v) is 9.65. The highest BCUT2D eigenvalue weighted by Gasteiger charge is 2.47. The first kappa shape index (κ1) is 18.7. The van der Waals surface area contributed by atoms with E-state index in [4.69, 9.17) is 9.47 Å². The van der Waals surface area contributed by atoms with E-state index in [-0.39, 0.29) is 11.8 Å². The molecule has 0 saturated carbocycles. The van der Waals surface area contributed by atoms with Gasteiger partial charge < -0.3 is 9.47 Å². The number of para-hydroxylation sites is 2. The molecule has 2 fully saturated rings. The Hall–Kier alpha value is -2.70. The number of ether oxygens (including phenoxy) is 2. The van der Waals surface area contributed by atoms with Crippen LogP contribution in [0.2, 0.25) is 0 Å². The second kappa shape index (κ2) is 7.73. The lowest BCUT2D eigenvalue weighted by Crippen LogP contribution is -2.41. The molecular weight excluding hydrogens is 356 g/mol. The maximum absolute atomic E-state index is 13.2. The van der Waals surface area contributed by atoms with Gasteiger partial charge in [0, 0.05) is 6.42 Å². The van der Waals surface area contributed by atoms with Crippen molar-refractivity contribution in [3.05, 3.63) is 60.7 Å². The highest BCUT2D eigenvalue weighted by molar-refractivity contribution is 6.22. The molecule has 0 unspecified atom stereocenters. The summed E-state index contributed by atoms with van der Waals surface area (Å²) in [6.07, 6.45) is 1.79. The fourth-order valence-corrected chi connectivity index (χ4v) is 3.80. The first-order valence-electron chi connectivity index (χ1n) is 9.65. The lowest BCUT2D eigenvalue weighted by atomic mass is 9.99. The summed E-state index contributed by atoms with van der Waals surface area (Å²) in [6, 6.07) is 18.6. The Morgan fingerprint density at radius 1 is 0.857 bits per heavy atom. The van der Waals surface area contributed by atoms with Crippen molar-refractivity contribution in [2.24, 2.45) is 5.92 Å². The number of hydrogen-bond acceptors (Lipinski definition) is 4. The van der Waals surface area contributed by atoms with E-state index >= 15 is 0 Å². The van der Waals surface area contributed by atoms with Gasteiger partial charge >= 0.3 is 0 Å². The third-order valence-electron chi connectivity index (χ3n) is 5.24. The van der Waals surface area contributed by atoms with Crippen LogP contribution in [0.4, 0.5) is 11.4 Å². The van der Waals surface area contributed by atoms with Crippen molar-refractivity contribution in [1.29, 1.82) is 0 Å². The van der Waals surface area contributed by atoms with Gasteiger partial charge in [0.2, 0.25) is 0 Å². The number of nitrogens with zero attached hydrogens (tertiary/aromatic N) is 2. The summed E-state index contributed by atoms with van der Waals surface area (Å²) >= 11 is 0. The Morgan fingerprint density at radius 3 is 1.79 bits per heavy atom. The van der Waals surface area contributed by atoms with Crippen molar-refractivity contribution in [3.63, 3.8) is 0 Å². The van der Waals surface area contributed by atoms with Crippen LogP contribution in [0.1, 0.15) is 26.2 Å². The van der Waals surface area contributed by atoms with Crippen LogP contribution in [-0.4, -0.2) is 30.8 Å². The zero-order valence-electron chi connectivity index (χ0n) is 15.9. The topological polar surface area (TPSA) is 59.1 Å². The molecule has 0 N–H and O–H groups in total. The van der Waals surface area contributed by atoms with Crippen LogP contribution in [0, 0.1) is 5.92 Å². The summed E-state index contributed by atoms with van der Waals surface area (Å²) in [5, 5.41) is 2.99. The fourth-order valence-electron chi connectivity index (χ4n) is 3.80. The van der Waals surface area contributed by atoms with Crippen LogP contribution < -0.4 is 10.0 Å². The molecule has 0 aliphatic carbocycles. The summed E-state index contributed by atoms with van der Waals surface area (Å²) in [6.45, 7) is 3.08. The molecule has 0 radical (unpaired) electrons. The number of benzene rings is 2. The maximum Gasteiger partial charge on any atom is 0.258 e. The number of amides is 2. The highest BCUT2D eigenvalue weighted by atomic mass is 16.7. The van der Waals surface area contributed by atoms with Crippen molar-refractivity contribution >= 4 is 23.2 Å². The van der Waals surface area contributed by atoms with E-state index in [2.05, 4.69) is 0 Å². The number of hydrogen-bond donors (Lipinski definition) is 0. The molecule has 0 atom stereocenters. The van der Waals surface area contributed by atoms with Crippen molar-refractivity contribution in [1.82, 2.24) is 0 Å². The SMILES string of the molecule is CC1(CCCC2C(=O)N(c3ccccc3)N(c3ccccc3)C2=O)OCCO1. The van der Waals surface area contributed by atoms with Crippen LogP contribution >= 0.6 is 0 Å². The summed E-state index contributed by atoms with van der Waals surface area (Å²) < 4.78 is 11.3. The molecule has 4 rings (SSSR count). The Morgan fingerprint density at radius 2 is 1.32 bits per heavy atom. The zero-order valence-corrected chi connectivity index (χ0v) is 15.9. The van der Waals surface area contributed by atoms with Crippen molar-refractivity contribution in [3.8, 4) is 0 Å². The minimum absolute atomic E-state index is 0.196. The van der Waals surface area contributed by atoms with Gasteiger partial charge in [-0.25, -0.2) is 10.0 Å². The van der Waals surface area contributed by atoms with Gasteiger partial charge in [0.05, 0.1) is 24.6 Å². The molecule has 2 aliphatic rings. The number of rotatable bonds is 6. The molecule has 2 aromatic carbocycles. The van der Waals surface area contributed by atoms with E-state index in [0.29, 0.717) is 43.9 Å². The Balaban J connectivity index is 1.56. The van der Waals surface area contributed by atoms with E-state index in [1.54, 1.807) is 0 Å². The fraction of sp³-hybridized carbons (Fsp3) is 0.364. The molecule has 28 heavy (non-hydrogen) atoms. The largest absolute Gasteiger partial charge is 0.348 e. The molecule has 0 bridgehead atoms. The molecule has 6 nitrogen and oxygen atoms in total. The Bertz CT molecular complexity index is 777. The van der Waals surface area contributed by atoms with E-state index in [9.17, 15) is 9.59 Å². The Kier molecular flexibility index (Phi) is 5.15. The minimum atomic E-state index is -0.703. The predicted octanol–water partition coefficient (Wildman–Crippen LogP) is 3.53. The molecule has 2 amide bonds. The average molecular weight is 380 g/mol. The van der Waals surface area contributed by atoms with Gasteiger partial charge in [-0.05, 0) is 44.0 Å². The van der Waals surface area contributed by atoms with E-state index in [1.165, 1.54) is 10.0 Å². The molecule has 0 aromatic heterocycles. The van der Waals surface area contributed by atoms with Crippen molar-refractivity contribution < 1.29 is 19.1 Å². The average Bonchev–Trinajstić information content (AvgIpc) is 3.26. The predicted molar refractivity (Wildman–Crippen MR) is 106 cm³/mol. The number of anilines is 2. The molecule has 146 valence electrons. The third kappa shape index (κ3) is 3.53. The molecule has 6 heteroatoms. The zero-order chi connectivity index (χ0) is 19.6. The second-order valence-electron chi connectivity index (χ2n) is 7.25. The monoisotopic (exact) mass is 380 g/mol. The third-order valence-corrected chi connectivity index (χ3v) is 5.24. The molecule has 2 aliphatic heterocycles. The standard InChI is InChI=1S/C22H24N2O4/c1-22(27-15-16-28-22)14-8-13-19-20(25)23(17-9-4-2-5-10-17)24(21(19)26)18-11-6-3-7-12-18/h2-7,9-12,19H,8,13-16H2,1H3. The van der Waals surface area contributed by atoms with Gasteiger partial charge in [0.25, 0.3) is 11.8 Å². The lowest BCUT2D eigenvalue weighted by Gasteiger charge is -2.27. The summed E-state index contributed by atoms with van der Waals surface area (Å²) in [7, 11) is 0. The van der Waals surface area contributed by atoms with Gasteiger partial charge in [-0.15, -0.1) is 0 Å². The van der Waals surface area contributed by atoms with Crippen molar-refractivity contribution in [2.75, 3.05) is 23.2 Å². The van der Waals surface area contributed by atoms with Crippen LogP contribution in [0.25, 0.3) is 0 Å². The number of carbonyl (C=O) groups is 2. The van der Waals surface area contributed by atoms with Crippen molar-refractivity contribution in [2.45, 2.75) is 32.0 Å². The summed E-state index contributed by atoms with van der Waals surface area (Å²) in [5.41, 5.74) is 1.36. The first-order chi connectivity index (χ1) is 13.6. The normalized spacial score (nSPS) is 19.6. The van der Waals surface area contributed by atoms with Gasteiger partial charge in [-0.2, -0.15) is 0 Å². The molecule has 2 saturated heterocycles. The van der Waals surface area contributed by atoms with Gasteiger partial charge in [-0.1, -0.05) is 36.4 Å². The van der Waals surface area contributed by atoms with Gasteiger partial charge in [0.1, 0.15) is 5.92 Å². The van der Waals surface area contributed by atoms with Crippen LogP contribution in [0.3, 0.4) is 0 Å². The van der Waals surface area contributed by atoms with Crippen LogP contribution in [-0.2, 0) is 19.1 Å². The molecule has 0 spiro atoms. The highest BCUT2D eigenvalue weighted by Crippen LogP contribution is 2.34. The van der Waals surface area contributed by atoms with E-state index < -0.39 is 11.7 Å². The number of hydrazine groups is 1. The van der Waals surface area contributed by atoms with Gasteiger partial charge in [0.15, 0.2) is 5.79 Å². The summed E-state index contributed by atoms with van der Waals surface area (Å²) in [4.78, 5) is 26.4. The van der Waals surface area contributed by atoms with E-state index in [0.717, 1.165) is 0 Å². The summed E-state index contributed by atoms with van der Waals surface area (Å²) in [5.74, 6) is -1.70. The smallest absolute Gasteiger partial charge is 0.258 e. The lowest BCUT2D eigenvalue weighted by molar-refractivity contribution is -0.148. The molecule has 2 aromatic rings. The van der Waals surface area contributed by atoms with Gasteiger partial charge in [-0.3, -0.25) is 9.59 Å². The number of carbonyl (C=O) groups excluding carboxylic acids is 2. The molecular formula is C22H24N2O4. The maximum atomic E-state index is 13.2. The molecule has 2 heterocycles. The Labute approximate surface area is 164 Å². The van der Waals surface area contributed by atoms with Crippen LogP contribution in [0.5, 0.6) is 0 Å². The van der Waals surface area contributed by atoms with E-state index in [1.807, 2.05) is 67.6 Å².